The summed E-state index contributed by atoms with van der Waals surface area (Å²) in [5.41, 5.74) is 0. The van der Waals surface area contributed by atoms with Gasteiger partial charge in [-0.3, -0.25) is 0 Å². The largest absolute Gasteiger partial charge is 0.314 e. The monoisotopic (exact) mass is 191 g/mol. The van der Waals surface area contributed by atoms with Gasteiger partial charge in [0.05, 0.1) is 0 Å². The van der Waals surface area contributed by atoms with Crippen LogP contribution in [-0.4, -0.2) is 47.6 Å². The summed E-state index contributed by atoms with van der Waals surface area (Å²) in [7, 11) is 0. The second-order valence-corrected chi connectivity index (χ2v) is 3.36. The molecule has 0 unspecified atom stereocenters. The molecule has 0 aliphatic carbocycles. The van der Waals surface area contributed by atoms with E-state index < -0.39 is 0 Å². The molecule has 1 aliphatic heterocycles. The summed E-state index contributed by atoms with van der Waals surface area (Å²) in [6.07, 6.45) is 5.62. The first-order valence-electron chi connectivity index (χ1n) is 4.98. The van der Waals surface area contributed by atoms with Gasteiger partial charge >= 0.3 is 0 Å². The number of piperazine rings is 1. The van der Waals surface area contributed by atoms with E-state index in [0.717, 1.165) is 38.5 Å². The molecule has 1 aliphatic rings. The van der Waals surface area contributed by atoms with Crippen LogP contribution in [0, 0.1) is 6.42 Å². The van der Waals surface area contributed by atoms with Crippen LogP contribution in [0.25, 0.3) is 0 Å². The normalized spacial score (nSPS) is 18.3. The molecule has 75 valence electrons. The van der Waals surface area contributed by atoms with Gasteiger partial charge in [0.2, 0.25) is 0 Å². The summed E-state index contributed by atoms with van der Waals surface area (Å²) in [5.74, 6) is 0.825. The highest BCUT2D eigenvalue weighted by molar-refractivity contribution is 5.01. The van der Waals surface area contributed by atoms with Crippen LogP contribution in [0.4, 0.5) is 0 Å². The molecule has 1 fully saturated rings. The zero-order valence-electron chi connectivity index (χ0n) is 8.19. The number of rotatable bonds is 3. The van der Waals surface area contributed by atoms with Crippen molar-refractivity contribution in [2.75, 3.05) is 32.7 Å². The zero-order valence-corrected chi connectivity index (χ0v) is 8.19. The molecule has 1 saturated heterocycles. The van der Waals surface area contributed by atoms with Crippen LogP contribution >= 0.6 is 0 Å². The van der Waals surface area contributed by atoms with Crippen molar-refractivity contribution in [3.63, 3.8) is 0 Å². The van der Waals surface area contributed by atoms with Gasteiger partial charge in [-0.25, -0.2) is 9.97 Å². The lowest BCUT2D eigenvalue weighted by Crippen LogP contribution is -2.43. The van der Waals surface area contributed by atoms with Gasteiger partial charge in [-0.2, -0.15) is 0 Å². The Kier molecular flexibility index (Phi) is 3.43. The lowest BCUT2D eigenvalue weighted by Gasteiger charge is -2.26. The SMILES string of the molecule is [CH](CN1CCNCC1)c1ncccn1. The average Bonchev–Trinajstić information content (AvgIpc) is 2.29. The summed E-state index contributed by atoms with van der Waals surface area (Å²) < 4.78 is 0. The van der Waals surface area contributed by atoms with Crippen molar-refractivity contribution in [3.8, 4) is 0 Å². The van der Waals surface area contributed by atoms with Crippen LogP contribution in [0.15, 0.2) is 18.5 Å². The second kappa shape index (κ2) is 5.02. The predicted molar refractivity (Wildman–Crippen MR) is 54.7 cm³/mol. The third-order valence-corrected chi connectivity index (χ3v) is 2.33. The third-order valence-electron chi connectivity index (χ3n) is 2.33. The Labute approximate surface area is 84.4 Å². The summed E-state index contributed by atoms with van der Waals surface area (Å²) in [6.45, 7) is 5.35. The van der Waals surface area contributed by atoms with Crippen molar-refractivity contribution in [1.82, 2.24) is 20.2 Å². The molecule has 0 amide bonds. The summed E-state index contributed by atoms with van der Waals surface area (Å²) in [5, 5.41) is 3.33. The molecule has 1 radical (unpaired) electrons. The maximum Gasteiger partial charge on any atom is 0.133 e. The first-order chi connectivity index (χ1) is 6.95. The van der Waals surface area contributed by atoms with E-state index in [1.165, 1.54) is 0 Å². The van der Waals surface area contributed by atoms with Gasteiger partial charge in [-0.1, -0.05) is 0 Å². The molecule has 0 spiro atoms. The highest BCUT2D eigenvalue weighted by Crippen LogP contribution is 1.98. The lowest BCUT2D eigenvalue weighted by molar-refractivity contribution is 0.259. The molecular weight excluding hydrogens is 176 g/mol. The van der Waals surface area contributed by atoms with Crippen molar-refractivity contribution in [1.29, 1.82) is 0 Å². The molecule has 4 heteroatoms. The molecule has 1 N–H and O–H groups in total. The number of nitrogens with one attached hydrogen (secondary N) is 1. The molecule has 0 aromatic carbocycles. The van der Waals surface area contributed by atoms with E-state index in [1.807, 2.05) is 6.07 Å². The molecule has 1 aromatic heterocycles. The smallest absolute Gasteiger partial charge is 0.133 e. The van der Waals surface area contributed by atoms with Gasteiger partial charge in [0.25, 0.3) is 0 Å². The molecule has 0 saturated carbocycles. The predicted octanol–water partition coefficient (Wildman–Crippen LogP) is -0.0658. The van der Waals surface area contributed by atoms with E-state index in [9.17, 15) is 0 Å². The van der Waals surface area contributed by atoms with Crippen molar-refractivity contribution in [2.24, 2.45) is 0 Å². The average molecular weight is 191 g/mol. The second-order valence-electron chi connectivity index (χ2n) is 3.36. The van der Waals surface area contributed by atoms with Gasteiger partial charge in [0.15, 0.2) is 0 Å². The van der Waals surface area contributed by atoms with E-state index in [1.54, 1.807) is 12.4 Å². The highest BCUT2D eigenvalue weighted by Gasteiger charge is 2.09. The number of hydrogen-bond donors (Lipinski definition) is 1. The molecular formula is C10H15N4. The van der Waals surface area contributed by atoms with Crippen LogP contribution < -0.4 is 5.32 Å². The van der Waals surface area contributed by atoms with E-state index in [4.69, 9.17) is 0 Å². The number of nitrogens with zero attached hydrogens (tertiary/aromatic N) is 3. The Balaban J connectivity index is 1.76. The lowest BCUT2D eigenvalue weighted by atomic mass is 10.3. The van der Waals surface area contributed by atoms with Crippen LogP contribution in [0.3, 0.4) is 0 Å². The third kappa shape index (κ3) is 2.75. The van der Waals surface area contributed by atoms with Crippen LogP contribution in [0.2, 0.25) is 0 Å². The van der Waals surface area contributed by atoms with Crippen molar-refractivity contribution < 1.29 is 0 Å². The quantitative estimate of drug-likeness (QED) is 0.726. The number of hydrogen-bond acceptors (Lipinski definition) is 4. The van der Waals surface area contributed by atoms with Crippen molar-refractivity contribution in [3.05, 3.63) is 30.7 Å². The van der Waals surface area contributed by atoms with Gasteiger partial charge in [-0.05, 0) is 6.07 Å². The van der Waals surface area contributed by atoms with Gasteiger partial charge < -0.3 is 10.2 Å². The van der Waals surface area contributed by atoms with Crippen LogP contribution in [0.1, 0.15) is 5.82 Å². The summed E-state index contributed by atoms with van der Waals surface area (Å²) in [6, 6.07) is 1.84. The first-order valence-corrected chi connectivity index (χ1v) is 4.98. The van der Waals surface area contributed by atoms with E-state index in [2.05, 4.69) is 26.6 Å². The van der Waals surface area contributed by atoms with Crippen molar-refractivity contribution in [2.45, 2.75) is 0 Å². The Morgan fingerprint density at radius 2 is 2.00 bits per heavy atom. The Bertz CT molecular complexity index is 256. The Morgan fingerprint density at radius 3 is 2.71 bits per heavy atom. The first kappa shape index (κ1) is 9.55. The maximum atomic E-state index is 4.15. The minimum Gasteiger partial charge on any atom is -0.314 e. The Hall–Kier alpha value is -1.00. The fraction of sp³-hybridized carbons (Fsp3) is 0.500. The maximum absolute atomic E-state index is 4.15. The molecule has 4 nitrogen and oxygen atoms in total. The standard InChI is InChI=1S/C10H15N4/c1-3-12-10(13-4-1)2-7-14-8-5-11-6-9-14/h1-4,11H,5-9H2. The highest BCUT2D eigenvalue weighted by atomic mass is 15.2. The fourth-order valence-corrected chi connectivity index (χ4v) is 1.52. The van der Waals surface area contributed by atoms with Gasteiger partial charge in [0, 0.05) is 51.5 Å². The van der Waals surface area contributed by atoms with Crippen molar-refractivity contribution >= 4 is 0 Å². The van der Waals surface area contributed by atoms with E-state index in [-0.39, 0.29) is 0 Å². The van der Waals surface area contributed by atoms with Crippen LogP contribution in [0.5, 0.6) is 0 Å². The minimum absolute atomic E-state index is 0.825. The van der Waals surface area contributed by atoms with Gasteiger partial charge in [0.1, 0.15) is 5.82 Å². The van der Waals surface area contributed by atoms with E-state index in [0.29, 0.717) is 0 Å². The number of aromatic nitrogens is 2. The summed E-state index contributed by atoms with van der Waals surface area (Å²) >= 11 is 0. The molecule has 0 bridgehead atoms. The van der Waals surface area contributed by atoms with Gasteiger partial charge in [-0.15, -0.1) is 0 Å². The summed E-state index contributed by atoms with van der Waals surface area (Å²) in [4.78, 5) is 10.7. The molecule has 14 heavy (non-hydrogen) atoms. The zero-order chi connectivity index (χ0) is 9.64. The topological polar surface area (TPSA) is 41.0 Å². The van der Waals surface area contributed by atoms with E-state index >= 15 is 0 Å². The molecule has 0 atom stereocenters. The Morgan fingerprint density at radius 1 is 1.29 bits per heavy atom. The minimum atomic E-state index is 0.825. The molecule has 2 rings (SSSR count). The fourth-order valence-electron chi connectivity index (χ4n) is 1.52. The van der Waals surface area contributed by atoms with Crippen LogP contribution in [-0.2, 0) is 0 Å². The molecule has 1 aromatic rings. The molecule has 2 heterocycles.